The molecule has 0 saturated carbocycles. The fraction of sp³-hybridized carbons (Fsp3) is 0.463. The van der Waals surface area contributed by atoms with Crippen molar-refractivity contribution in [1.82, 2.24) is 25.0 Å². The van der Waals surface area contributed by atoms with Crippen molar-refractivity contribution < 1.29 is 23.6 Å². The Morgan fingerprint density at radius 2 is 1.43 bits per heavy atom. The number of nitrogens with one attached hydrogen (secondary N) is 1. The van der Waals surface area contributed by atoms with Gasteiger partial charge in [0.2, 0.25) is 17.2 Å². The number of imide groups is 2. The van der Waals surface area contributed by atoms with Crippen LogP contribution in [0.4, 0.5) is 17.2 Å². The first-order chi connectivity index (χ1) is 27.1. The minimum Gasteiger partial charge on any atom is -0.454 e. The molecule has 15 heteroatoms. The summed E-state index contributed by atoms with van der Waals surface area (Å²) in [6.07, 6.45) is 4.75. The van der Waals surface area contributed by atoms with Crippen molar-refractivity contribution in [3.63, 3.8) is 0 Å². The molecule has 0 radical (unpaired) electrons. The van der Waals surface area contributed by atoms with Gasteiger partial charge in [0.1, 0.15) is 17.4 Å². The molecule has 3 N–H and O–H groups in total. The summed E-state index contributed by atoms with van der Waals surface area (Å²) in [6.45, 7) is 9.67. The van der Waals surface area contributed by atoms with Gasteiger partial charge in [-0.15, -0.1) is 0 Å². The lowest BCUT2D eigenvalue weighted by Gasteiger charge is -2.41. The smallest absolute Gasteiger partial charge is 0.262 e. The largest absolute Gasteiger partial charge is 0.454 e. The number of carbonyl (C=O) groups is 4. The van der Waals surface area contributed by atoms with Crippen molar-refractivity contribution in [3.8, 4) is 0 Å². The van der Waals surface area contributed by atoms with E-state index in [1.165, 1.54) is 12.8 Å². The third-order valence-corrected chi connectivity index (χ3v) is 12.8. The molecule has 5 aliphatic heterocycles. The fourth-order valence-corrected chi connectivity index (χ4v) is 9.57. The average molecular weight is 781 g/mol. The van der Waals surface area contributed by atoms with E-state index >= 15 is 0 Å². The van der Waals surface area contributed by atoms with Gasteiger partial charge in [0, 0.05) is 70.5 Å². The van der Waals surface area contributed by atoms with E-state index in [0.717, 1.165) is 94.6 Å². The number of nitrogen functional groups attached to an aromatic ring is 1. The number of piperidine rings is 3. The summed E-state index contributed by atoms with van der Waals surface area (Å²) in [5, 5.41) is 2.90. The number of halogens is 1. The molecule has 292 valence electrons. The number of hydrogen-bond acceptors (Lipinski definition) is 12. The zero-order chi connectivity index (χ0) is 38.7. The van der Waals surface area contributed by atoms with Gasteiger partial charge in [-0.25, -0.2) is 4.98 Å². The van der Waals surface area contributed by atoms with Crippen molar-refractivity contribution in [2.75, 3.05) is 81.0 Å². The Morgan fingerprint density at radius 1 is 0.750 bits per heavy atom. The number of rotatable bonds is 7. The maximum absolute atomic E-state index is 13.3. The summed E-state index contributed by atoms with van der Waals surface area (Å²) in [5.74, 6) is -0.329. The van der Waals surface area contributed by atoms with Gasteiger partial charge in [-0.2, -0.15) is 0 Å². The second-order valence-corrected chi connectivity index (χ2v) is 16.3. The SMILES string of the molecule is Nc1nc2c(=O)c3c(Cl)cccc3oc2cc1N1CCN(CC2CCN(CC3CCN(c4ccc5c(c4)C(=O)N(C4CCC(=O)NC4=O)C5=O)CC3)CC2)CC1. The van der Waals surface area contributed by atoms with Gasteiger partial charge >= 0.3 is 0 Å². The molecular weight excluding hydrogens is 736 g/mol. The van der Waals surface area contributed by atoms with Crippen LogP contribution in [0, 0.1) is 11.8 Å². The van der Waals surface area contributed by atoms with E-state index in [1.807, 2.05) is 12.1 Å². The zero-order valence-corrected chi connectivity index (χ0v) is 31.9. The highest BCUT2D eigenvalue weighted by Crippen LogP contribution is 2.34. The lowest BCUT2D eigenvalue weighted by Crippen LogP contribution is -2.54. The summed E-state index contributed by atoms with van der Waals surface area (Å²) in [6, 6.07) is 11.4. The zero-order valence-electron chi connectivity index (χ0n) is 31.2. The highest BCUT2D eigenvalue weighted by atomic mass is 35.5. The molecule has 4 aromatic rings. The third kappa shape index (κ3) is 6.77. The lowest BCUT2D eigenvalue weighted by molar-refractivity contribution is -0.136. The molecule has 1 atom stereocenters. The van der Waals surface area contributed by atoms with E-state index in [2.05, 4.69) is 29.9 Å². The van der Waals surface area contributed by atoms with Crippen LogP contribution < -0.4 is 26.3 Å². The molecule has 4 amide bonds. The maximum Gasteiger partial charge on any atom is 0.262 e. The number of nitrogens with two attached hydrogens (primary N) is 1. The molecule has 1 unspecified atom stereocenters. The van der Waals surface area contributed by atoms with E-state index in [-0.39, 0.29) is 29.7 Å². The molecule has 0 aliphatic carbocycles. The Bertz CT molecular complexity index is 2310. The normalized spacial score (nSPS) is 22.1. The molecule has 2 aromatic heterocycles. The van der Waals surface area contributed by atoms with Crippen LogP contribution in [-0.4, -0.2) is 115 Å². The van der Waals surface area contributed by atoms with Crippen LogP contribution in [0.25, 0.3) is 22.1 Å². The standard InChI is InChI=1S/C41H45ClN8O6/c42-29-2-1-3-32-35(29)37(52)36-33(56-32)21-31(38(43)45-36)49-18-16-47(17-19-49)23-24-8-12-46(13-9-24)22-25-10-14-48(15-11-25)26-4-5-27-28(20-26)41(55)50(40(27)54)30-6-7-34(51)44-39(30)53/h1-5,20-21,24-25,30H,6-19,22-23H2,(H2,43,45)(H,44,51,53). The Balaban J connectivity index is 0.729. The maximum atomic E-state index is 13.3. The minimum absolute atomic E-state index is 0.101. The number of benzene rings is 2. The number of piperazine rings is 1. The monoisotopic (exact) mass is 780 g/mol. The van der Waals surface area contributed by atoms with Gasteiger partial charge in [0.15, 0.2) is 11.1 Å². The van der Waals surface area contributed by atoms with E-state index in [1.54, 1.807) is 30.3 Å². The minimum atomic E-state index is -0.961. The number of fused-ring (bicyclic) bond motifs is 3. The van der Waals surface area contributed by atoms with E-state index in [0.29, 0.717) is 50.4 Å². The number of amides is 4. The van der Waals surface area contributed by atoms with Gasteiger partial charge in [-0.3, -0.25) is 39.1 Å². The van der Waals surface area contributed by atoms with Crippen LogP contribution in [-0.2, 0) is 9.59 Å². The molecule has 56 heavy (non-hydrogen) atoms. The van der Waals surface area contributed by atoms with E-state index < -0.39 is 23.8 Å². The van der Waals surface area contributed by atoms with Crippen LogP contribution in [0.3, 0.4) is 0 Å². The Kier molecular flexibility index (Phi) is 9.66. The predicted molar refractivity (Wildman–Crippen MR) is 213 cm³/mol. The quantitative estimate of drug-likeness (QED) is 0.207. The van der Waals surface area contributed by atoms with Gasteiger partial charge in [-0.1, -0.05) is 17.7 Å². The summed E-state index contributed by atoms with van der Waals surface area (Å²) >= 11 is 6.29. The number of nitrogens with zero attached hydrogens (tertiary/aromatic N) is 6. The number of aromatic nitrogens is 1. The van der Waals surface area contributed by atoms with Crippen LogP contribution in [0.5, 0.6) is 0 Å². The highest BCUT2D eigenvalue weighted by Gasteiger charge is 2.45. The van der Waals surface area contributed by atoms with Gasteiger partial charge < -0.3 is 24.9 Å². The molecule has 4 saturated heterocycles. The van der Waals surface area contributed by atoms with Crippen LogP contribution in [0.1, 0.15) is 59.2 Å². The second-order valence-electron chi connectivity index (χ2n) is 15.9. The van der Waals surface area contributed by atoms with E-state index in [9.17, 15) is 24.0 Å². The van der Waals surface area contributed by atoms with Gasteiger partial charge in [0.25, 0.3) is 11.8 Å². The molecule has 2 aromatic carbocycles. The molecule has 5 aliphatic rings. The number of pyridine rings is 1. The second kappa shape index (κ2) is 14.8. The highest BCUT2D eigenvalue weighted by molar-refractivity contribution is 6.35. The number of carbonyl (C=O) groups excluding carboxylic acids is 4. The van der Waals surface area contributed by atoms with Crippen molar-refractivity contribution in [2.24, 2.45) is 11.8 Å². The molecule has 9 rings (SSSR count). The van der Waals surface area contributed by atoms with Crippen LogP contribution in [0.15, 0.2) is 51.7 Å². The van der Waals surface area contributed by atoms with E-state index in [4.69, 9.17) is 21.8 Å². The Hall–Kier alpha value is -5.05. The first kappa shape index (κ1) is 36.6. The Labute approximate surface area is 328 Å². The van der Waals surface area contributed by atoms with Crippen molar-refractivity contribution in [3.05, 3.63) is 68.8 Å². The molecule has 0 spiro atoms. The van der Waals surface area contributed by atoms with Gasteiger partial charge in [-0.05, 0) is 87.4 Å². The predicted octanol–water partition coefficient (Wildman–Crippen LogP) is 3.73. The molecule has 4 fully saturated rings. The number of hydrogen-bond donors (Lipinski definition) is 2. The number of likely N-dealkylation sites (tertiary alicyclic amines) is 1. The van der Waals surface area contributed by atoms with Crippen molar-refractivity contribution >= 4 is 74.5 Å². The summed E-state index contributed by atoms with van der Waals surface area (Å²) in [5.41, 5.74) is 9.50. The first-order valence-corrected chi connectivity index (χ1v) is 20.1. The molecular formula is C41H45ClN8O6. The van der Waals surface area contributed by atoms with Gasteiger partial charge in [0.05, 0.1) is 27.2 Å². The topological polar surface area (TPSA) is 166 Å². The van der Waals surface area contributed by atoms with Crippen molar-refractivity contribution in [1.29, 1.82) is 0 Å². The molecule has 7 heterocycles. The summed E-state index contributed by atoms with van der Waals surface area (Å²) < 4.78 is 6.06. The Morgan fingerprint density at radius 3 is 2.14 bits per heavy atom. The molecule has 0 bridgehead atoms. The average Bonchev–Trinajstić information content (AvgIpc) is 3.44. The summed E-state index contributed by atoms with van der Waals surface area (Å²) in [4.78, 5) is 78.8. The lowest BCUT2D eigenvalue weighted by atomic mass is 9.92. The summed E-state index contributed by atoms with van der Waals surface area (Å²) in [7, 11) is 0. The molecule has 14 nitrogen and oxygen atoms in total. The van der Waals surface area contributed by atoms with Crippen molar-refractivity contribution in [2.45, 2.75) is 44.6 Å². The van der Waals surface area contributed by atoms with Crippen LogP contribution in [0.2, 0.25) is 5.02 Å². The fourth-order valence-electron chi connectivity index (χ4n) is 9.32. The number of anilines is 3. The third-order valence-electron chi connectivity index (χ3n) is 12.5. The first-order valence-electron chi connectivity index (χ1n) is 19.7. The van der Waals surface area contributed by atoms with Crippen LogP contribution >= 0.6 is 11.6 Å².